The molecule has 5 aromatic rings. The van der Waals surface area contributed by atoms with Crippen LogP contribution in [0.5, 0.6) is 46.0 Å². The Hall–Kier alpha value is -8.71. The third kappa shape index (κ3) is 16.4. The van der Waals surface area contributed by atoms with Gasteiger partial charge in [-0.05, 0) is 110 Å². The second-order valence-corrected chi connectivity index (χ2v) is 26.8. The first-order valence-corrected chi connectivity index (χ1v) is 32.6. The number of aliphatic hydroxyl groups is 6. The molecule has 20 N–H and O–H groups in total. The predicted octanol–water partition coefficient (Wildman–Crippen LogP) is 1.62. The zero-order valence-corrected chi connectivity index (χ0v) is 57.3. The van der Waals surface area contributed by atoms with Gasteiger partial charge in [-0.2, -0.15) is 0 Å². The number of hydrogen-bond acceptors (Lipinski definition) is 25. The summed E-state index contributed by atoms with van der Waals surface area (Å²) in [5.74, 6) is -17.4. The number of ether oxygens (including phenoxy) is 6. The molecule has 0 radical (unpaired) electrons. The third-order valence-corrected chi connectivity index (χ3v) is 18.7. The van der Waals surface area contributed by atoms with Crippen LogP contribution in [0.25, 0.3) is 11.1 Å². The highest BCUT2D eigenvalue weighted by Crippen LogP contribution is 2.50. The smallest absolute Gasteiger partial charge is 0.330 e. The van der Waals surface area contributed by atoms with E-state index in [1.54, 1.807) is 0 Å². The Morgan fingerprint density at radius 1 is 0.735 bits per heavy atom. The number of Topliss-reactive ketones (excluding diaryl/α,β-unsaturated/α-hetero) is 1. The lowest BCUT2D eigenvalue weighted by Crippen LogP contribution is -2.64. The molecule has 6 amide bonds. The molecule has 7 heterocycles. The number of phenols is 3. The summed E-state index contributed by atoms with van der Waals surface area (Å²) >= 11 is 14.1. The first-order chi connectivity index (χ1) is 47.7. The lowest BCUT2D eigenvalue weighted by atomic mass is 9.84. The Bertz CT molecular complexity index is 4080. The molecule has 5 aromatic carbocycles. The summed E-state index contributed by atoms with van der Waals surface area (Å²) in [6, 6.07) is 2.12. The summed E-state index contributed by atoms with van der Waals surface area (Å²) in [5.41, 5.74) is 8.24. The van der Waals surface area contributed by atoms with Crippen molar-refractivity contribution in [3.8, 4) is 57.1 Å². The lowest BCUT2D eigenvalue weighted by Gasteiger charge is -2.47. The van der Waals surface area contributed by atoms with Crippen LogP contribution >= 0.6 is 35.6 Å². The number of carbonyl (C=O) groups excluding carboxylic acids is 7. The summed E-state index contributed by atoms with van der Waals surface area (Å²) < 4.78 is 38.3. The topological polar surface area (TPSA) is 518 Å². The van der Waals surface area contributed by atoms with Crippen LogP contribution in [0.3, 0.4) is 0 Å². The van der Waals surface area contributed by atoms with E-state index in [4.69, 9.17) is 63.1 Å². The van der Waals surface area contributed by atoms with E-state index in [1.165, 1.54) is 39.1 Å². The SMILES string of the molecule is CNC(CC(C)C)C(=O)NC1C(=O)NC(CC(N)=O)C(=O)NC2C(=O)NC3C(=O)C[C@@H](C(=O)NC(C(=O)O)c4cc(O)cc(O)c4-c4cc3ccc4O)[C@H](O)c3ccc(c(Cl)c3)Oc3cc2cc(c3OC2OC(CO)C(O)C(O)[C@H]2O[C@@H]2C[C@](C)(N)C(O)C(C)O2)Oc2ccc(cc2Cl)C1O.Cl. The van der Waals surface area contributed by atoms with Crippen LogP contribution in [0.2, 0.25) is 10.0 Å². The number of fused-ring (bicyclic) bond motifs is 15. The molecule has 550 valence electrons. The zero-order valence-electron chi connectivity index (χ0n) is 54.9. The van der Waals surface area contributed by atoms with Gasteiger partial charge in [-0.3, -0.25) is 33.6 Å². The van der Waals surface area contributed by atoms with Gasteiger partial charge in [0.2, 0.25) is 47.5 Å². The first-order valence-electron chi connectivity index (χ1n) is 31.8. The third-order valence-electron chi connectivity index (χ3n) is 18.1. The Kier molecular flexibility index (Phi) is 23.9. The molecule has 13 unspecified atom stereocenters. The van der Waals surface area contributed by atoms with Gasteiger partial charge in [0.25, 0.3) is 0 Å². The standard InChI is InChI=1S/C67H76Cl2N8O24.ClH/c1-24(2)12-36(72-5)61(90)77-52-54(85)28-8-11-42(35(69)15-28)98-44-17-29-16-43(57(44)101-66-58(56(87)55(86)45(23-78)99-66)100-47-22-67(4,71)59(88)25(3)96-47)97-41-10-7-27(14-34(41)68)53(84)33-20-40(82)49(74-63(92)50(29)75-62(91)37(21-46(70)83)73-64(52)93)26-6-9-38(80)31(13-26)48-32(18-30(79)19-39(48)81)51(65(94)95)76-60(33)89;/h6-11,13-19,24-25,33,36-37,45,47,49-56,58-59,66,72,78-81,84-88H,12,20-23,71H2,1-5H3,(H2,70,83)(H,73,93)(H,74,92)(H,75,91)(H,76,89)(H,77,90)(H,94,95);1H/t25?,33-,36?,37?,45?,47-,49?,50?,51?,52?,53-,54?,55?,56?,58-,59?,66?,67+;/m1./s1. The molecule has 0 aromatic heterocycles. The minimum Gasteiger partial charge on any atom is -0.508 e. The number of likely N-dealkylation sites (N-methyl/N-ethyl adjacent to an activating group) is 1. The van der Waals surface area contributed by atoms with Crippen molar-refractivity contribution in [3.05, 3.63) is 117 Å². The van der Waals surface area contributed by atoms with Crippen molar-refractivity contribution in [2.75, 3.05) is 13.7 Å². The van der Waals surface area contributed by atoms with Crippen molar-refractivity contribution in [3.63, 3.8) is 0 Å². The van der Waals surface area contributed by atoms with E-state index in [2.05, 4.69) is 31.9 Å². The maximum atomic E-state index is 16.0. The summed E-state index contributed by atoms with van der Waals surface area (Å²) in [6.07, 6.45) is -19.5. The molecule has 35 heteroatoms. The van der Waals surface area contributed by atoms with Gasteiger partial charge in [0.1, 0.15) is 77.3 Å². The molecule has 7 aliphatic rings. The summed E-state index contributed by atoms with van der Waals surface area (Å²) in [4.78, 5) is 117. The fraction of sp³-hybridized carbons (Fsp3) is 0.433. The van der Waals surface area contributed by atoms with Gasteiger partial charge in [0.15, 0.2) is 35.7 Å². The zero-order chi connectivity index (χ0) is 73.5. The number of aliphatic carboxylic acids is 1. The number of primary amides is 1. The van der Waals surface area contributed by atoms with Gasteiger partial charge in [-0.25, -0.2) is 4.79 Å². The van der Waals surface area contributed by atoms with Crippen LogP contribution in [0.15, 0.2) is 78.9 Å². The highest BCUT2D eigenvalue weighted by Gasteiger charge is 2.51. The second-order valence-electron chi connectivity index (χ2n) is 26.0. The molecular formula is C67H77Cl3N8O24. The average Bonchev–Trinajstić information content (AvgIpc) is 0.773. The van der Waals surface area contributed by atoms with E-state index in [9.17, 15) is 75.0 Å². The molecule has 7 aliphatic heterocycles. The summed E-state index contributed by atoms with van der Waals surface area (Å²) in [7, 11) is 1.48. The van der Waals surface area contributed by atoms with E-state index >= 15 is 14.4 Å². The number of carboxylic acids is 1. The van der Waals surface area contributed by atoms with Crippen molar-refractivity contribution in [2.24, 2.45) is 23.3 Å². The first kappa shape index (κ1) is 77.4. The molecule has 0 saturated carbocycles. The quantitative estimate of drug-likeness (QED) is 0.0796. The maximum Gasteiger partial charge on any atom is 0.330 e. The van der Waals surface area contributed by atoms with E-state index < -0.39 is 238 Å². The Morgan fingerprint density at radius 3 is 1.93 bits per heavy atom. The molecule has 12 rings (SSSR count). The molecule has 2 fully saturated rings. The number of benzene rings is 5. The molecule has 0 spiro atoms. The fourth-order valence-corrected chi connectivity index (χ4v) is 13.2. The number of ketones is 1. The van der Waals surface area contributed by atoms with E-state index in [0.29, 0.717) is 0 Å². The van der Waals surface area contributed by atoms with Gasteiger partial charge >= 0.3 is 5.97 Å². The lowest BCUT2D eigenvalue weighted by molar-refractivity contribution is -0.333. The highest BCUT2D eigenvalue weighted by atomic mass is 35.5. The number of phenolic OH excluding ortho intramolecular Hbond substituents is 3. The number of halogens is 3. The molecular weight excluding hydrogens is 1410 g/mol. The Labute approximate surface area is 597 Å². The minimum atomic E-state index is -2.32. The summed E-state index contributed by atoms with van der Waals surface area (Å²) in [5, 5.41) is 128. The van der Waals surface area contributed by atoms with Crippen molar-refractivity contribution >= 4 is 82.8 Å². The molecule has 11 bridgehead atoms. The van der Waals surface area contributed by atoms with Gasteiger partial charge in [-0.15, -0.1) is 12.4 Å². The summed E-state index contributed by atoms with van der Waals surface area (Å²) in [6.45, 7) is 5.68. The Balaban J connectivity index is 0.0000121. The second kappa shape index (κ2) is 31.5. The number of nitrogens with one attached hydrogen (secondary N) is 6. The van der Waals surface area contributed by atoms with Crippen LogP contribution < -0.4 is 57.6 Å². The fourth-order valence-electron chi connectivity index (χ4n) is 12.8. The number of aliphatic hydroxyl groups excluding tert-OH is 6. The number of amides is 6. The number of carbonyl (C=O) groups is 8. The Morgan fingerprint density at radius 2 is 1.35 bits per heavy atom. The molecule has 102 heavy (non-hydrogen) atoms. The molecule has 0 aliphatic carbocycles. The van der Waals surface area contributed by atoms with E-state index in [-0.39, 0.29) is 64.4 Å². The van der Waals surface area contributed by atoms with Crippen molar-refractivity contribution < 1.29 is 118 Å². The van der Waals surface area contributed by atoms with Crippen LogP contribution in [0.4, 0.5) is 0 Å². The predicted molar refractivity (Wildman–Crippen MR) is 358 cm³/mol. The van der Waals surface area contributed by atoms with Gasteiger partial charge < -0.3 is 123 Å². The van der Waals surface area contributed by atoms with Crippen molar-refractivity contribution in [1.29, 1.82) is 0 Å². The van der Waals surface area contributed by atoms with Crippen LogP contribution in [-0.4, -0.2) is 185 Å². The van der Waals surface area contributed by atoms with Crippen LogP contribution in [-0.2, 0) is 52.6 Å². The number of carboxylic acid groups (broad SMARTS) is 1. The van der Waals surface area contributed by atoms with Crippen LogP contribution in [0.1, 0.15) is 112 Å². The highest BCUT2D eigenvalue weighted by molar-refractivity contribution is 6.32. The monoisotopic (exact) mass is 1480 g/mol. The molecule has 32 nitrogen and oxygen atoms in total. The molecule has 2 saturated heterocycles. The maximum absolute atomic E-state index is 16.0. The van der Waals surface area contributed by atoms with Crippen LogP contribution in [0, 0.1) is 11.8 Å². The van der Waals surface area contributed by atoms with Crippen molar-refractivity contribution in [1.82, 2.24) is 31.9 Å². The number of rotatable bonds is 13. The van der Waals surface area contributed by atoms with E-state index in [0.717, 1.165) is 60.7 Å². The normalized spacial score (nSPS) is 29.2. The minimum absolute atomic E-state index is 0. The number of nitrogens with two attached hydrogens (primary N) is 2. The van der Waals surface area contributed by atoms with Gasteiger partial charge in [0, 0.05) is 41.1 Å². The number of hydrogen-bond donors (Lipinski definition) is 18. The number of aromatic hydroxyl groups is 3. The van der Waals surface area contributed by atoms with Gasteiger partial charge in [-0.1, -0.05) is 55.2 Å². The van der Waals surface area contributed by atoms with Gasteiger partial charge in [0.05, 0.1) is 53.3 Å². The van der Waals surface area contributed by atoms with Crippen molar-refractivity contribution in [2.45, 2.75) is 157 Å². The van der Waals surface area contributed by atoms with E-state index in [1.807, 2.05) is 13.8 Å². The largest absolute Gasteiger partial charge is 0.508 e. The average molecular weight is 1480 g/mol. The molecule has 18 atom stereocenters.